The van der Waals surface area contributed by atoms with Crippen LogP contribution in [0, 0.1) is 0 Å². The molecule has 7 nitrogen and oxygen atoms in total. The minimum atomic E-state index is 0.0802. The standard InChI is InChI=1S/C12H18N6O/c1-13-9-8-18-7-6-15-12(18)11(16-9)14-5-4-10(19)17(2)3/h6-8,13H,4-5H2,1-3H3,(H,14,16). The van der Waals surface area contributed by atoms with Crippen molar-refractivity contribution >= 4 is 23.2 Å². The molecule has 0 saturated heterocycles. The van der Waals surface area contributed by atoms with Crippen LogP contribution in [0.5, 0.6) is 0 Å². The lowest BCUT2D eigenvalue weighted by Gasteiger charge is -2.12. The summed E-state index contributed by atoms with van der Waals surface area (Å²) in [5.74, 6) is 1.49. The molecule has 1 amide bonds. The van der Waals surface area contributed by atoms with Crippen molar-refractivity contribution in [1.82, 2.24) is 19.3 Å². The maximum absolute atomic E-state index is 11.5. The van der Waals surface area contributed by atoms with Gasteiger partial charge in [-0.05, 0) is 0 Å². The van der Waals surface area contributed by atoms with E-state index in [1.807, 2.05) is 23.8 Å². The SMILES string of the molecule is CNc1cn2ccnc2c(NCCC(=O)N(C)C)n1. The predicted molar refractivity (Wildman–Crippen MR) is 74.3 cm³/mol. The number of hydrogen-bond donors (Lipinski definition) is 2. The van der Waals surface area contributed by atoms with Gasteiger partial charge in [0.05, 0.1) is 6.20 Å². The van der Waals surface area contributed by atoms with Crippen LogP contribution in [0.3, 0.4) is 0 Å². The van der Waals surface area contributed by atoms with E-state index < -0.39 is 0 Å². The van der Waals surface area contributed by atoms with Gasteiger partial charge in [0.25, 0.3) is 0 Å². The number of rotatable bonds is 5. The normalized spacial score (nSPS) is 10.5. The van der Waals surface area contributed by atoms with Crippen LogP contribution in [0.1, 0.15) is 6.42 Å². The number of nitrogens with zero attached hydrogens (tertiary/aromatic N) is 4. The maximum atomic E-state index is 11.5. The minimum absolute atomic E-state index is 0.0802. The summed E-state index contributed by atoms with van der Waals surface area (Å²) in [6.45, 7) is 0.527. The Kier molecular flexibility index (Phi) is 3.84. The molecule has 0 unspecified atom stereocenters. The minimum Gasteiger partial charge on any atom is -0.372 e. The number of aromatic nitrogens is 3. The van der Waals surface area contributed by atoms with E-state index in [0.717, 1.165) is 11.5 Å². The third-order valence-corrected chi connectivity index (χ3v) is 2.76. The summed E-state index contributed by atoms with van der Waals surface area (Å²) in [6.07, 6.45) is 5.85. The Morgan fingerprint density at radius 1 is 1.47 bits per heavy atom. The lowest BCUT2D eigenvalue weighted by Crippen LogP contribution is -2.24. The molecule has 0 aromatic carbocycles. The topological polar surface area (TPSA) is 74.6 Å². The molecule has 0 radical (unpaired) electrons. The summed E-state index contributed by atoms with van der Waals surface area (Å²) in [6, 6.07) is 0. The van der Waals surface area contributed by atoms with Crippen molar-refractivity contribution in [1.29, 1.82) is 0 Å². The van der Waals surface area contributed by atoms with E-state index in [1.54, 1.807) is 25.2 Å². The zero-order valence-electron chi connectivity index (χ0n) is 11.3. The number of anilines is 2. The van der Waals surface area contributed by atoms with Crippen LogP contribution in [-0.2, 0) is 4.79 Å². The summed E-state index contributed by atoms with van der Waals surface area (Å²) >= 11 is 0. The van der Waals surface area contributed by atoms with Gasteiger partial charge < -0.3 is 19.9 Å². The van der Waals surface area contributed by atoms with Crippen molar-refractivity contribution in [3.63, 3.8) is 0 Å². The molecule has 102 valence electrons. The highest BCUT2D eigenvalue weighted by Gasteiger charge is 2.08. The molecule has 2 N–H and O–H groups in total. The first kappa shape index (κ1) is 13.1. The van der Waals surface area contributed by atoms with E-state index in [1.165, 1.54) is 0 Å². The van der Waals surface area contributed by atoms with Gasteiger partial charge in [0.1, 0.15) is 5.82 Å². The van der Waals surface area contributed by atoms with Gasteiger partial charge >= 0.3 is 0 Å². The fraction of sp³-hybridized carbons (Fsp3) is 0.417. The van der Waals surface area contributed by atoms with E-state index in [2.05, 4.69) is 20.6 Å². The molecule has 0 spiro atoms. The lowest BCUT2D eigenvalue weighted by atomic mass is 10.4. The second-order valence-electron chi connectivity index (χ2n) is 4.35. The highest BCUT2D eigenvalue weighted by atomic mass is 16.2. The molecule has 0 aliphatic heterocycles. The van der Waals surface area contributed by atoms with Gasteiger partial charge in [0.15, 0.2) is 11.5 Å². The van der Waals surface area contributed by atoms with Crippen molar-refractivity contribution in [2.75, 3.05) is 38.3 Å². The first-order valence-corrected chi connectivity index (χ1v) is 6.07. The average molecular weight is 262 g/mol. The molecule has 2 heterocycles. The lowest BCUT2D eigenvalue weighted by molar-refractivity contribution is -0.128. The van der Waals surface area contributed by atoms with Gasteiger partial charge in [0, 0.05) is 46.5 Å². The van der Waals surface area contributed by atoms with E-state index in [9.17, 15) is 4.79 Å². The largest absolute Gasteiger partial charge is 0.372 e. The average Bonchev–Trinajstić information content (AvgIpc) is 2.86. The third-order valence-electron chi connectivity index (χ3n) is 2.76. The number of hydrogen-bond acceptors (Lipinski definition) is 5. The molecule has 2 aromatic rings. The van der Waals surface area contributed by atoms with Crippen molar-refractivity contribution in [3.05, 3.63) is 18.6 Å². The molecule has 7 heteroatoms. The van der Waals surface area contributed by atoms with Gasteiger partial charge in [-0.1, -0.05) is 0 Å². The Morgan fingerprint density at radius 2 is 2.26 bits per heavy atom. The van der Waals surface area contributed by atoms with E-state index >= 15 is 0 Å². The highest BCUT2D eigenvalue weighted by Crippen LogP contribution is 2.15. The molecule has 0 fully saturated rings. The zero-order chi connectivity index (χ0) is 13.8. The Bertz CT molecular complexity index is 577. The van der Waals surface area contributed by atoms with E-state index in [4.69, 9.17) is 0 Å². The Labute approximate surface area is 111 Å². The predicted octanol–water partition coefficient (Wildman–Crippen LogP) is 0.661. The van der Waals surface area contributed by atoms with Crippen LogP contribution in [0.4, 0.5) is 11.6 Å². The van der Waals surface area contributed by atoms with Crippen molar-refractivity contribution in [2.24, 2.45) is 0 Å². The quantitative estimate of drug-likeness (QED) is 0.828. The van der Waals surface area contributed by atoms with Crippen LogP contribution in [0.2, 0.25) is 0 Å². The summed E-state index contributed by atoms with van der Waals surface area (Å²) in [5.41, 5.74) is 0.747. The molecule has 0 saturated carbocycles. The van der Waals surface area contributed by atoms with Crippen LogP contribution in [0.25, 0.3) is 5.65 Å². The van der Waals surface area contributed by atoms with Gasteiger partial charge in [-0.3, -0.25) is 4.79 Å². The van der Waals surface area contributed by atoms with Crippen LogP contribution in [-0.4, -0.2) is 52.9 Å². The Balaban J connectivity index is 2.11. The van der Waals surface area contributed by atoms with Crippen molar-refractivity contribution in [3.8, 4) is 0 Å². The number of carbonyl (C=O) groups excluding carboxylic acids is 1. The molecule has 2 aromatic heterocycles. The first-order chi connectivity index (χ1) is 9.11. The van der Waals surface area contributed by atoms with E-state index in [0.29, 0.717) is 18.8 Å². The Morgan fingerprint density at radius 3 is 2.95 bits per heavy atom. The zero-order valence-corrected chi connectivity index (χ0v) is 11.3. The van der Waals surface area contributed by atoms with E-state index in [-0.39, 0.29) is 5.91 Å². The van der Waals surface area contributed by atoms with Gasteiger partial charge in [-0.25, -0.2) is 9.97 Å². The summed E-state index contributed by atoms with van der Waals surface area (Å²) < 4.78 is 1.88. The van der Waals surface area contributed by atoms with Crippen molar-refractivity contribution in [2.45, 2.75) is 6.42 Å². The number of amides is 1. The third kappa shape index (κ3) is 2.93. The summed E-state index contributed by atoms with van der Waals surface area (Å²) in [5, 5.41) is 6.14. The Hall–Kier alpha value is -2.31. The maximum Gasteiger partial charge on any atom is 0.223 e. The van der Waals surface area contributed by atoms with Crippen LogP contribution < -0.4 is 10.6 Å². The molecule has 0 atom stereocenters. The second-order valence-corrected chi connectivity index (χ2v) is 4.35. The van der Waals surface area contributed by atoms with Gasteiger partial charge in [-0.15, -0.1) is 0 Å². The van der Waals surface area contributed by atoms with Crippen molar-refractivity contribution < 1.29 is 4.79 Å². The van der Waals surface area contributed by atoms with Gasteiger partial charge in [-0.2, -0.15) is 0 Å². The molecule has 2 rings (SSSR count). The van der Waals surface area contributed by atoms with Gasteiger partial charge in [0.2, 0.25) is 5.91 Å². The molecular weight excluding hydrogens is 244 g/mol. The fourth-order valence-electron chi connectivity index (χ4n) is 1.68. The molecule has 19 heavy (non-hydrogen) atoms. The van der Waals surface area contributed by atoms with Crippen LogP contribution >= 0.6 is 0 Å². The summed E-state index contributed by atoms with van der Waals surface area (Å²) in [7, 11) is 5.30. The number of fused-ring (bicyclic) bond motifs is 1. The first-order valence-electron chi connectivity index (χ1n) is 6.07. The smallest absolute Gasteiger partial charge is 0.223 e. The number of imidazole rings is 1. The number of carbonyl (C=O) groups is 1. The fourth-order valence-corrected chi connectivity index (χ4v) is 1.68. The molecular formula is C12H18N6O. The molecule has 0 aliphatic rings. The van der Waals surface area contributed by atoms with Crippen LogP contribution in [0.15, 0.2) is 18.6 Å². The summed E-state index contributed by atoms with van der Waals surface area (Å²) in [4.78, 5) is 21.7. The molecule has 0 bridgehead atoms. The molecule has 0 aliphatic carbocycles. The number of nitrogens with one attached hydrogen (secondary N) is 2. The monoisotopic (exact) mass is 262 g/mol. The second kappa shape index (κ2) is 5.55. The highest BCUT2D eigenvalue weighted by molar-refractivity contribution is 5.76.